The first-order chi connectivity index (χ1) is 10.2. The third-order valence-electron chi connectivity index (χ3n) is 6.52. The van der Waals surface area contributed by atoms with Crippen LogP contribution in [-0.2, 0) is 14.6 Å². The van der Waals surface area contributed by atoms with Crippen LogP contribution in [0.1, 0.15) is 44.9 Å². The molecule has 1 saturated heterocycles. The molecule has 0 aromatic heterocycles. The fraction of sp³-hybridized carbons (Fsp3) is 0.938. The molecule has 4 bridgehead atoms. The number of alkyl halides is 1. The van der Waals surface area contributed by atoms with E-state index in [1.165, 1.54) is 19.3 Å². The fourth-order valence-corrected chi connectivity index (χ4v) is 9.25. The standard InChI is InChI=1S/C16H24BrNO3S/c1-18(13-2-3-22(20,21)9-13)14(19)15-5-11-4-12(6-15)8-16(17,7-11)10-15/h11-13H,2-10H2,1H3/t11-,12+,13-,15?,16?/m1/s1. The van der Waals surface area contributed by atoms with Crippen LogP contribution in [0.4, 0.5) is 0 Å². The summed E-state index contributed by atoms with van der Waals surface area (Å²) in [5.41, 5.74) is -0.227. The molecule has 0 radical (unpaired) electrons. The Hall–Kier alpha value is -0.100. The Morgan fingerprint density at radius 3 is 2.32 bits per heavy atom. The quantitative estimate of drug-likeness (QED) is 0.681. The van der Waals surface area contributed by atoms with Gasteiger partial charge in [-0.3, -0.25) is 4.79 Å². The van der Waals surface area contributed by atoms with E-state index < -0.39 is 9.84 Å². The van der Waals surface area contributed by atoms with Crippen LogP contribution in [-0.4, -0.2) is 48.1 Å². The van der Waals surface area contributed by atoms with Gasteiger partial charge in [0.2, 0.25) is 5.91 Å². The van der Waals surface area contributed by atoms with Crippen molar-refractivity contribution in [3.05, 3.63) is 0 Å². The summed E-state index contributed by atoms with van der Waals surface area (Å²) in [5.74, 6) is 1.94. The van der Waals surface area contributed by atoms with Gasteiger partial charge in [0.05, 0.1) is 16.9 Å². The van der Waals surface area contributed by atoms with Gasteiger partial charge in [0, 0.05) is 17.4 Å². The van der Waals surface area contributed by atoms with E-state index in [0.29, 0.717) is 18.3 Å². The summed E-state index contributed by atoms with van der Waals surface area (Å²) in [6, 6.07) is -0.114. The maximum absolute atomic E-state index is 13.2. The molecule has 1 aliphatic heterocycles. The maximum Gasteiger partial charge on any atom is 0.228 e. The molecule has 124 valence electrons. The van der Waals surface area contributed by atoms with Gasteiger partial charge in [-0.05, 0) is 56.8 Å². The molecule has 1 heterocycles. The van der Waals surface area contributed by atoms with E-state index in [9.17, 15) is 13.2 Å². The van der Waals surface area contributed by atoms with E-state index in [1.54, 1.807) is 4.90 Å². The van der Waals surface area contributed by atoms with Crippen LogP contribution in [0.5, 0.6) is 0 Å². The van der Waals surface area contributed by atoms with Gasteiger partial charge in [0.25, 0.3) is 0 Å². The number of halogens is 1. The normalized spacial score (nSPS) is 48.5. The molecule has 5 fully saturated rings. The number of amides is 1. The molecule has 4 aliphatic carbocycles. The minimum absolute atomic E-state index is 0.114. The van der Waals surface area contributed by atoms with Crippen LogP contribution in [0, 0.1) is 17.3 Å². The third-order valence-corrected chi connectivity index (χ3v) is 9.20. The fourth-order valence-electron chi connectivity index (χ4n) is 6.02. The average Bonchev–Trinajstić information content (AvgIpc) is 2.74. The van der Waals surface area contributed by atoms with Gasteiger partial charge in [0.1, 0.15) is 0 Å². The van der Waals surface area contributed by atoms with Gasteiger partial charge in [0.15, 0.2) is 9.84 Å². The Kier molecular flexibility index (Phi) is 3.31. The first kappa shape index (κ1) is 15.4. The van der Waals surface area contributed by atoms with E-state index >= 15 is 0 Å². The number of carbonyl (C=O) groups is 1. The third kappa shape index (κ3) is 2.36. The first-order valence-corrected chi connectivity index (χ1v) is 11.0. The van der Waals surface area contributed by atoms with Crippen molar-refractivity contribution in [2.75, 3.05) is 18.6 Å². The summed E-state index contributed by atoms with van der Waals surface area (Å²) in [6.07, 6.45) is 7.27. The highest BCUT2D eigenvalue weighted by molar-refractivity contribution is 9.10. The molecule has 4 nitrogen and oxygen atoms in total. The van der Waals surface area contributed by atoms with E-state index in [0.717, 1.165) is 19.3 Å². The maximum atomic E-state index is 13.2. The zero-order valence-corrected chi connectivity index (χ0v) is 15.5. The zero-order valence-electron chi connectivity index (χ0n) is 13.1. The van der Waals surface area contributed by atoms with Gasteiger partial charge in [-0.1, -0.05) is 15.9 Å². The van der Waals surface area contributed by atoms with Gasteiger partial charge in [-0.25, -0.2) is 8.42 Å². The van der Waals surface area contributed by atoms with Gasteiger partial charge in [-0.2, -0.15) is 0 Å². The predicted octanol–water partition coefficient (Wildman–Crippen LogP) is 2.37. The molecule has 2 unspecified atom stereocenters. The summed E-state index contributed by atoms with van der Waals surface area (Å²) in [6.45, 7) is 0. The van der Waals surface area contributed by atoms with Crippen LogP contribution in [0.2, 0.25) is 0 Å². The van der Waals surface area contributed by atoms with Gasteiger partial charge < -0.3 is 4.90 Å². The molecule has 0 N–H and O–H groups in total. The summed E-state index contributed by atoms with van der Waals surface area (Å²) < 4.78 is 23.6. The lowest BCUT2D eigenvalue weighted by molar-refractivity contribution is -0.155. The lowest BCUT2D eigenvalue weighted by atomic mass is 9.49. The van der Waals surface area contributed by atoms with Crippen molar-refractivity contribution in [3.63, 3.8) is 0 Å². The molecule has 0 aromatic rings. The highest BCUT2D eigenvalue weighted by atomic mass is 79.9. The molecular formula is C16H24BrNO3S. The van der Waals surface area contributed by atoms with Gasteiger partial charge >= 0.3 is 0 Å². The summed E-state index contributed by atoms with van der Waals surface area (Å²) >= 11 is 3.94. The minimum atomic E-state index is -2.95. The van der Waals surface area contributed by atoms with Crippen LogP contribution < -0.4 is 0 Å². The highest BCUT2D eigenvalue weighted by Crippen LogP contribution is 2.64. The number of hydrogen-bond donors (Lipinski definition) is 0. The largest absolute Gasteiger partial charge is 0.341 e. The van der Waals surface area contributed by atoms with Crippen molar-refractivity contribution in [1.29, 1.82) is 0 Å². The molecular weight excluding hydrogens is 366 g/mol. The van der Waals surface area contributed by atoms with Crippen molar-refractivity contribution < 1.29 is 13.2 Å². The molecule has 5 rings (SSSR count). The summed E-state index contributed by atoms with van der Waals surface area (Å²) in [7, 11) is -1.12. The van der Waals surface area contributed by atoms with E-state index in [2.05, 4.69) is 15.9 Å². The molecule has 0 aromatic carbocycles. The molecule has 22 heavy (non-hydrogen) atoms. The second-order valence-corrected chi connectivity index (χ2v) is 12.3. The van der Waals surface area contributed by atoms with Crippen LogP contribution in [0.15, 0.2) is 0 Å². The smallest absolute Gasteiger partial charge is 0.228 e. The monoisotopic (exact) mass is 389 g/mol. The second-order valence-electron chi connectivity index (χ2n) is 8.37. The Morgan fingerprint density at radius 2 is 1.82 bits per heavy atom. The lowest BCUT2D eigenvalue weighted by Crippen LogP contribution is -2.59. The van der Waals surface area contributed by atoms with Crippen molar-refractivity contribution >= 4 is 31.7 Å². The Balaban J connectivity index is 1.57. The molecule has 5 aliphatic rings. The molecule has 6 heteroatoms. The average molecular weight is 390 g/mol. The van der Waals surface area contributed by atoms with Crippen LogP contribution in [0.3, 0.4) is 0 Å². The topological polar surface area (TPSA) is 54.5 Å². The second kappa shape index (κ2) is 4.71. The summed E-state index contributed by atoms with van der Waals surface area (Å²) in [5, 5.41) is 0. The molecule has 5 atom stereocenters. The predicted molar refractivity (Wildman–Crippen MR) is 88.6 cm³/mol. The number of rotatable bonds is 2. The van der Waals surface area contributed by atoms with Crippen molar-refractivity contribution in [1.82, 2.24) is 4.90 Å². The number of sulfone groups is 1. The lowest BCUT2D eigenvalue weighted by Gasteiger charge is -2.60. The Labute approximate surface area is 141 Å². The van der Waals surface area contributed by atoms with Crippen molar-refractivity contribution in [2.45, 2.75) is 55.3 Å². The van der Waals surface area contributed by atoms with Crippen LogP contribution in [0.25, 0.3) is 0 Å². The number of nitrogens with zero attached hydrogens (tertiary/aromatic N) is 1. The van der Waals surface area contributed by atoms with Crippen molar-refractivity contribution in [2.24, 2.45) is 17.3 Å². The zero-order chi connectivity index (χ0) is 15.8. The SMILES string of the molecule is CN(C(=O)C12C[C@@H]3C[C@@H](CC(Br)(C3)C1)C2)[C@@H]1CCS(=O)(=O)C1. The van der Waals surface area contributed by atoms with E-state index in [1.807, 2.05) is 7.05 Å². The van der Waals surface area contributed by atoms with Crippen molar-refractivity contribution in [3.8, 4) is 0 Å². The molecule has 0 spiro atoms. The van der Waals surface area contributed by atoms with E-state index in [-0.39, 0.29) is 33.2 Å². The summed E-state index contributed by atoms with van der Waals surface area (Å²) in [4.78, 5) is 15.0. The molecule has 1 amide bonds. The molecule has 4 saturated carbocycles. The first-order valence-electron chi connectivity index (χ1n) is 8.37. The Bertz CT molecular complexity index is 603. The van der Waals surface area contributed by atoms with E-state index in [4.69, 9.17) is 0 Å². The van der Waals surface area contributed by atoms with Gasteiger partial charge in [-0.15, -0.1) is 0 Å². The number of carbonyl (C=O) groups excluding carboxylic acids is 1. The number of hydrogen-bond acceptors (Lipinski definition) is 3. The van der Waals surface area contributed by atoms with Crippen LogP contribution >= 0.6 is 15.9 Å². The minimum Gasteiger partial charge on any atom is -0.341 e. The highest BCUT2D eigenvalue weighted by Gasteiger charge is 2.60. The Morgan fingerprint density at radius 1 is 1.18 bits per heavy atom.